The zero-order valence-electron chi connectivity index (χ0n) is 17.9. The van der Waals surface area contributed by atoms with Crippen molar-refractivity contribution in [2.75, 3.05) is 25.6 Å². The lowest BCUT2D eigenvalue weighted by atomic mass is 10.1. The van der Waals surface area contributed by atoms with Crippen molar-refractivity contribution >= 4 is 51.0 Å². The fourth-order valence-electron chi connectivity index (χ4n) is 3.75. The highest BCUT2D eigenvalue weighted by molar-refractivity contribution is 8.01. The Labute approximate surface area is 201 Å². The minimum Gasteiger partial charge on any atom is -0.316 e. The molecule has 1 atom stereocenters. The van der Waals surface area contributed by atoms with Crippen LogP contribution in [-0.2, 0) is 10.0 Å². The van der Waals surface area contributed by atoms with Crippen LogP contribution in [0.3, 0.4) is 0 Å². The van der Waals surface area contributed by atoms with E-state index in [1.54, 1.807) is 29.2 Å². The summed E-state index contributed by atoms with van der Waals surface area (Å²) in [6.07, 6.45) is 3.09. The molecule has 1 aliphatic rings. The average Bonchev–Trinajstić information content (AvgIpc) is 3.44. The van der Waals surface area contributed by atoms with Gasteiger partial charge in [0.1, 0.15) is 11.2 Å². The third kappa shape index (κ3) is 4.22. The lowest BCUT2D eigenvalue weighted by molar-refractivity contribution is 0.0687. The van der Waals surface area contributed by atoms with Crippen LogP contribution < -0.4 is 0 Å². The van der Waals surface area contributed by atoms with Crippen LogP contribution in [0.15, 0.2) is 68.7 Å². The van der Waals surface area contributed by atoms with Gasteiger partial charge in [0.15, 0.2) is 0 Å². The molecule has 0 spiro atoms. The summed E-state index contributed by atoms with van der Waals surface area (Å²) in [6, 6.07) is 16.2. The molecule has 0 aliphatic carbocycles. The largest absolute Gasteiger partial charge is 0.316 e. The normalized spacial score (nSPS) is 17.1. The Morgan fingerprint density at radius 1 is 1.03 bits per heavy atom. The van der Waals surface area contributed by atoms with E-state index in [4.69, 9.17) is 0 Å². The standard InChI is InChI=1S/C22H23N3O3S4/c1-15-9-11-17(12-10-15)32(27,28)25-14-13-24(20(25)16-7-5-4-6-8-16)21(26)18-19(29-2)23-31-22(18)30-3/h4-12,20H,13-14H2,1-3H3/t20-/m1/s1. The predicted octanol–water partition coefficient (Wildman–Crippen LogP) is 4.74. The number of carbonyl (C=O) groups excluding carboxylic acids is 1. The summed E-state index contributed by atoms with van der Waals surface area (Å²) in [5.74, 6) is -0.192. The molecule has 1 amide bonds. The van der Waals surface area contributed by atoms with Crippen molar-refractivity contribution < 1.29 is 13.2 Å². The molecule has 168 valence electrons. The molecule has 6 nitrogen and oxygen atoms in total. The number of aromatic nitrogens is 1. The highest BCUT2D eigenvalue weighted by Gasteiger charge is 2.44. The van der Waals surface area contributed by atoms with Crippen LogP contribution in [0.5, 0.6) is 0 Å². The predicted molar refractivity (Wildman–Crippen MR) is 131 cm³/mol. The van der Waals surface area contributed by atoms with E-state index >= 15 is 0 Å². The van der Waals surface area contributed by atoms with Crippen molar-refractivity contribution in [1.29, 1.82) is 0 Å². The van der Waals surface area contributed by atoms with E-state index in [-0.39, 0.29) is 17.3 Å². The van der Waals surface area contributed by atoms with Crippen LogP contribution in [0.2, 0.25) is 0 Å². The summed E-state index contributed by atoms with van der Waals surface area (Å²) in [5, 5.41) is 0.677. The van der Waals surface area contributed by atoms with Crippen LogP contribution in [0.1, 0.15) is 27.7 Å². The van der Waals surface area contributed by atoms with Gasteiger partial charge in [-0.3, -0.25) is 4.79 Å². The molecule has 0 unspecified atom stereocenters. The first-order chi connectivity index (χ1) is 15.4. The number of hydrogen-bond acceptors (Lipinski definition) is 7. The Morgan fingerprint density at radius 3 is 2.34 bits per heavy atom. The molecule has 1 fully saturated rings. The smallest absolute Gasteiger partial charge is 0.260 e. The van der Waals surface area contributed by atoms with Crippen molar-refractivity contribution in [2.45, 2.75) is 27.2 Å². The zero-order chi connectivity index (χ0) is 22.9. The van der Waals surface area contributed by atoms with Crippen LogP contribution in [0, 0.1) is 6.92 Å². The molecule has 0 radical (unpaired) electrons. The number of hydrogen-bond donors (Lipinski definition) is 0. The third-order valence-electron chi connectivity index (χ3n) is 5.34. The van der Waals surface area contributed by atoms with Crippen LogP contribution >= 0.6 is 35.1 Å². The van der Waals surface area contributed by atoms with Gasteiger partial charge in [0.25, 0.3) is 5.91 Å². The molecule has 3 aromatic rings. The molecular weight excluding hydrogens is 483 g/mol. The molecule has 0 saturated carbocycles. The number of thioether (sulfide) groups is 2. The van der Waals surface area contributed by atoms with Crippen molar-refractivity contribution in [3.8, 4) is 0 Å². The van der Waals surface area contributed by atoms with Gasteiger partial charge in [-0.25, -0.2) is 8.42 Å². The summed E-state index contributed by atoms with van der Waals surface area (Å²) in [6.45, 7) is 2.45. The number of carbonyl (C=O) groups is 1. The number of benzene rings is 2. The zero-order valence-corrected chi connectivity index (χ0v) is 21.2. The first-order valence-corrected chi connectivity index (χ1v) is 14.6. The molecule has 0 N–H and O–H groups in total. The molecular formula is C22H23N3O3S4. The summed E-state index contributed by atoms with van der Waals surface area (Å²) < 4.78 is 33.9. The summed E-state index contributed by atoms with van der Waals surface area (Å²) >= 11 is 4.21. The van der Waals surface area contributed by atoms with Gasteiger partial charge in [-0.15, -0.1) is 23.5 Å². The highest BCUT2D eigenvalue weighted by atomic mass is 32.2. The highest BCUT2D eigenvalue weighted by Crippen LogP contribution is 2.39. The molecule has 10 heteroatoms. The molecule has 32 heavy (non-hydrogen) atoms. The fourth-order valence-corrected chi connectivity index (χ4v) is 7.58. The number of amides is 1. The summed E-state index contributed by atoms with van der Waals surface area (Å²) in [7, 11) is -3.80. The maximum atomic E-state index is 13.7. The molecule has 1 aliphatic heterocycles. The fraction of sp³-hybridized carbons (Fsp3) is 0.273. The molecule has 1 saturated heterocycles. The SMILES string of the molecule is CSc1nsc(SC)c1C(=O)N1CCN(S(=O)(=O)c2ccc(C)cc2)[C@@H]1c1ccccc1. The molecule has 2 heterocycles. The summed E-state index contributed by atoms with van der Waals surface area (Å²) in [4.78, 5) is 15.6. The Kier molecular flexibility index (Phi) is 6.97. The van der Waals surface area contributed by atoms with E-state index in [0.717, 1.165) is 15.3 Å². The van der Waals surface area contributed by atoms with Crippen LogP contribution in [-0.4, -0.2) is 53.5 Å². The van der Waals surface area contributed by atoms with Crippen molar-refractivity contribution in [3.05, 3.63) is 71.3 Å². The Balaban J connectivity index is 1.79. The van der Waals surface area contributed by atoms with Crippen molar-refractivity contribution in [2.24, 2.45) is 0 Å². The quantitative estimate of drug-likeness (QED) is 0.451. The van der Waals surface area contributed by atoms with Crippen LogP contribution in [0.4, 0.5) is 0 Å². The van der Waals surface area contributed by atoms with Crippen molar-refractivity contribution in [1.82, 2.24) is 13.6 Å². The summed E-state index contributed by atoms with van der Waals surface area (Å²) in [5.41, 5.74) is 2.31. The molecule has 1 aromatic heterocycles. The van der Waals surface area contributed by atoms with Gasteiger partial charge in [0.05, 0.1) is 14.7 Å². The first-order valence-electron chi connectivity index (χ1n) is 9.90. The first kappa shape index (κ1) is 23.3. The van der Waals surface area contributed by atoms with E-state index in [9.17, 15) is 13.2 Å². The average molecular weight is 506 g/mol. The van der Waals surface area contributed by atoms with Gasteiger partial charge >= 0.3 is 0 Å². The second-order valence-corrected chi connectivity index (χ2v) is 11.8. The lowest BCUT2D eigenvalue weighted by Crippen LogP contribution is -2.38. The Bertz CT molecular complexity index is 1190. The number of nitrogens with zero attached hydrogens (tertiary/aromatic N) is 3. The van der Waals surface area contributed by atoms with E-state index in [1.165, 1.54) is 39.4 Å². The number of aryl methyl sites for hydroxylation is 1. The van der Waals surface area contributed by atoms with Gasteiger partial charge in [0, 0.05) is 13.1 Å². The lowest BCUT2D eigenvalue weighted by Gasteiger charge is -2.30. The van der Waals surface area contributed by atoms with E-state index in [1.807, 2.05) is 49.8 Å². The van der Waals surface area contributed by atoms with Gasteiger partial charge < -0.3 is 4.90 Å². The van der Waals surface area contributed by atoms with E-state index < -0.39 is 16.2 Å². The minimum absolute atomic E-state index is 0.192. The second-order valence-electron chi connectivity index (χ2n) is 7.27. The van der Waals surface area contributed by atoms with Gasteiger partial charge in [-0.2, -0.15) is 8.68 Å². The number of sulfonamides is 1. The molecule has 0 bridgehead atoms. The maximum absolute atomic E-state index is 13.7. The molecule has 2 aromatic carbocycles. The van der Waals surface area contributed by atoms with Gasteiger partial charge in [-0.1, -0.05) is 48.0 Å². The van der Waals surface area contributed by atoms with E-state index in [2.05, 4.69) is 4.37 Å². The van der Waals surface area contributed by atoms with Crippen LogP contribution in [0.25, 0.3) is 0 Å². The topological polar surface area (TPSA) is 70.6 Å². The second kappa shape index (κ2) is 9.56. The van der Waals surface area contributed by atoms with Gasteiger partial charge in [0.2, 0.25) is 10.0 Å². The van der Waals surface area contributed by atoms with E-state index in [0.29, 0.717) is 17.1 Å². The van der Waals surface area contributed by atoms with Gasteiger partial charge in [-0.05, 0) is 48.7 Å². The minimum atomic E-state index is -3.80. The Hall–Kier alpha value is -1.85. The number of rotatable bonds is 6. The molecule has 4 rings (SSSR count). The third-order valence-corrected chi connectivity index (χ3v) is 9.95. The maximum Gasteiger partial charge on any atom is 0.260 e. The Morgan fingerprint density at radius 2 is 1.72 bits per heavy atom. The van der Waals surface area contributed by atoms with Crippen molar-refractivity contribution in [3.63, 3.8) is 0 Å². The monoisotopic (exact) mass is 505 g/mol.